The molecule has 8 heteroatoms. The molecule has 3 amide bonds. The Labute approximate surface area is 209 Å². The largest absolute Gasteiger partial charge is 0.381 e. The summed E-state index contributed by atoms with van der Waals surface area (Å²) in [6.07, 6.45) is -6.15. The van der Waals surface area contributed by atoms with Gasteiger partial charge in [-0.3, -0.25) is 24.6 Å². The first-order valence-electron chi connectivity index (χ1n) is 16.1. The van der Waals surface area contributed by atoms with Crippen LogP contribution in [0.2, 0.25) is 0 Å². The summed E-state index contributed by atoms with van der Waals surface area (Å²) in [6.45, 7) is -13.4. The van der Waals surface area contributed by atoms with Crippen molar-refractivity contribution in [3.8, 4) is 0 Å². The van der Waals surface area contributed by atoms with Gasteiger partial charge in [0, 0.05) is 66.8 Å². The van der Waals surface area contributed by atoms with E-state index in [4.69, 9.17) is 16.4 Å². The maximum Gasteiger partial charge on any atom is 0.255 e. The van der Waals surface area contributed by atoms with Crippen molar-refractivity contribution in [2.24, 2.45) is 0 Å². The van der Waals surface area contributed by atoms with Crippen molar-refractivity contribution in [3.63, 3.8) is 0 Å². The fourth-order valence-corrected chi connectivity index (χ4v) is 3.89. The van der Waals surface area contributed by atoms with Gasteiger partial charge in [0.25, 0.3) is 5.91 Å². The number of rotatable bonds is 6. The molecule has 0 aromatic heterocycles. The van der Waals surface area contributed by atoms with Crippen molar-refractivity contribution < 1.29 is 35.6 Å². The molecule has 1 atom stereocenters. The van der Waals surface area contributed by atoms with Crippen LogP contribution >= 0.6 is 0 Å². The van der Waals surface area contributed by atoms with E-state index < -0.39 is 69.2 Å². The molecule has 5 rings (SSSR count). The van der Waals surface area contributed by atoms with E-state index in [-0.39, 0.29) is 18.7 Å². The lowest BCUT2D eigenvalue weighted by Gasteiger charge is -2.29. The Balaban J connectivity index is 1.41. The number of ether oxygens (including phenoxy) is 1. The molecule has 2 N–H and O–H groups in total. The van der Waals surface area contributed by atoms with Crippen LogP contribution in [0.3, 0.4) is 0 Å². The Morgan fingerprint density at radius 2 is 1.85 bits per heavy atom. The molecule has 0 radical (unpaired) electrons. The number of piperidine rings is 1. The standard InChI is InChI=1S/C25H28N4O4/c30-23-9-8-22(24(31)27-23)29-16-20-19(25(29)32)6-3-7-21(20)26-14-17-4-1-2-5-18(17)15-28-10-12-33-13-11-28/h1-7,22,26H,8-16H2,(H,27,30,31)/i8D2,9D2,10D2,11D2,12D2,13D2. The van der Waals surface area contributed by atoms with Crippen LogP contribution in [-0.2, 0) is 34.0 Å². The van der Waals surface area contributed by atoms with Crippen LogP contribution < -0.4 is 10.6 Å². The number of carbonyl (C=O) groups excluding carboxylic acids is 3. The van der Waals surface area contributed by atoms with E-state index in [1.54, 1.807) is 30.3 Å². The second kappa shape index (κ2) is 9.33. The van der Waals surface area contributed by atoms with E-state index in [1.807, 2.05) is 5.32 Å². The number of hydrogen-bond acceptors (Lipinski definition) is 6. The minimum Gasteiger partial charge on any atom is -0.381 e. The molecular weight excluding hydrogens is 420 g/mol. The lowest BCUT2D eigenvalue weighted by molar-refractivity contribution is -0.136. The molecule has 2 saturated heterocycles. The summed E-state index contributed by atoms with van der Waals surface area (Å²) in [7, 11) is 0. The third-order valence-corrected chi connectivity index (χ3v) is 5.49. The first kappa shape index (κ1) is 11.8. The molecule has 33 heavy (non-hydrogen) atoms. The fraction of sp³-hybridized carbons (Fsp3) is 0.400. The van der Waals surface area contributed by atoms with Gasteiger partial charge in [0.05, 0.1) is 18.6 Å². The zero-order chi connectivity index (χ0) is 33.5. The average Bonchev–Trinajstić information content (AvgIpc) is 3.24. The van der Waals surface area contributed by atoms with Crippen molar-refractivity contribution in [2.75, 3.05) is 31.4 Å². The van der Waals surface area contributed by atoms with Crippen molar-refractivity contribution in [3.05, 3.63) is 64.7 Å². The number of carbonyl (C=O) groups is 3. The van der Waals surface area contributed by atoms with Crippen molar-refractivity contribution >= 4 is 23.4 Å². The monoisotopic (exact) mass is 460 g/mol. The number of fused-ring (bicyclic) bond motifs is 1. The second-order valence-corrected chi connectivity index (χ2v) is 7.49. The number of benzene rings is 2. The summed E-state index contributed by atoms with van der Waals surface area (Å²) in [5.74, 6) is -3.34. The van der Waals surface area contributed by atoms with Gasteiger partial charge < -0.3 is 15.0 Å². The summed E-state index contributed by atoms with van der Waals surface area (Å²) in [5, 5.41) is 4.94. The van der Waals surface area contributed by atoms with E-state index in [0.29, 0.717) is 27.3 Å². The molecule has 0 bridgehead atoms. The first-order chi connectivity index (χ1) is 20.6. The molecule has 2 aromatic carbocycles. The number of anilines is 1. The van der Waals surface area contributed by atoms with Gasteiger partial charge in [0.1, 0.15) is 6.04 Å². The van der Waals surface area contributed by atoms with Gasteiger partial charge >= 0.3 is 0 Å². The highest BCUT2D eigenvalue weighted by molar-refractivity contribution is 6.06. The van der Waals surface area contributed by atoms with Gasteiger partial charge in [-0.05, 0) is 29.6 Å². The number of morpholine rings is 1. The zero-order valence-electron chi connectivity index (χ0n) is 29.3. The highest BCUT2D eigenvalue weighted by Gasteiger charge is 2.39. The van der Waals surface area contributed by atoms with Crippen LogP contribution in [0.5, 0.6) is 0 Å². The summed E-state index contributed by atoms with van der Waals surface area (Å²) in [4.78, 5) is 39.4. The third-order valence-electron chi connectivity index (χ3n) is 5.49. The Bertz CT molecular complexity index is 1560. The highest BCUT2D eigenvalue weighted by atomic mass is 16.5. The summed E-state index contributed by atoms with van der Waals surface area (Å²) >= 11 is 0. The summed E-state index contributed by atoms with van der Waals surface area (Å²) in [6, 6.07) is 9.09. The molecular formula is C25H28N4O4. The Morgan fingerprint density at radius 1 is 1.06 bits per heavy atom. The van der Waals surface area contributed by atoms with Crippen LogP contribution in [0.15, 0.2) is 42.5 Å². The van der Waals surface area contributed by atoms with Gasteiger partial charge in [-0.25, -0.2) is 0 Å². The molecule has 1 unspecified atom stereocenters. The predicted octanol–water partition coefficient (Wildman–Crippen LogP) is 1.89. The minimum absolute atomic E-state index is 0.0126. The van der Waals surface area contributed by atoms with E-state index in [0.717, 1.165) is 4.90 Å². The van der Waals surface area contributed by atoms with Crippen molar-refractivity contribution in [1.29, 1.82) is 0 Å². The minimum atomic E-state index is -3.20. The predicted molar refractivity (Wildman–Crippen MR) is 122 cm³/mol. The molecule has 3 aliphatic heterocycles. The quantitative estimate of drug-likeness (QED) is 0.640. The first-order valence-corrected chi connectivity index (χ1v) is 10.1. The topological polar surface area (TPSA) is 91.0 Å². The third kappa shape index (κ3) is 4.49. The van der Waals surface area contributed by atoms with Crippen LogP contribution in [0.1, 0.15) is 56.2 Å². The summed E-state index contributed by atoms with van der Waals surface area (Å²) < 4.78 is 102. The Kier molecular flexibility index (Phi) is 3.32. The van der Waals surface area contributed by atoms with Gasteiger partial charge in [-0.15, -0.1) is 0 Å². The molecule has 2 fully saturated rings. The molecule has 0 saturated carbocycles. The van der Waals surface area contributed by atoms with Gasteiger partial charge in [-0.2, -0.15) is 0 Å². The maximum atomic E-state index is 13.3. The van der Waals surface area contributed by atoms with E-state index >= 15 is 0 Å². The molecule has 0 spiro atoms. The second-order valence-electron chi connectivity index (χ2n) is 7.49. The molecule has 2 aromatic rings. The van der Waals surface area contributed by atoms with Gasteiger partial charge in [0.15, 0.2) is 0 Å². The highest BCUT2D eigenvalue weighted by Crippen LogP contribution is 2.32. The summed E-state index contributed by atoms with van der Waals surface area (Å²) in [5.41, 5.74) is 1.69. The van der Waals surface area contributed by atoms with Gasteiger partial charge in [0.2, 0.25) is 11.8 Å². The Morgan fingerprint density at radius 3 is 2.67 bits per heavy atom. The molecule has 172 valence electrons. The van der Waals surface area contributed by atoms with E-state index in [1.165, 1.54) is 12.1 Å². The number of imide groups is 1. The van der Waals surface area contributed by atoms with Crippen molar-refractivity contribution in [2.45, 2.75) is 38.4 Å². The van der Waals surface area contributed by atoms with E-state index in [9.17, 15) is 14.4 Å². The van der Waals surface area contributed by atoms with Crippen LogP contribution in [-0.4, -0.2) is 59.7 Å². The number of hydrogen-bond donors (Lipinski definition) is 2. The molecule has 8 nitrogen and oxygen atoms in total. The zero-order valence-corrected chi connectivity index (χ0v) is 17.3. The van der Waals surface area contributed by atoms with Crippen LogP contribution in [0.25, 0.3) is 0 Å². The normalized spacial score (nSPS) is 35.7. The number of nitrogens with one attached hydrogen (secondary N) is 2. The molecule has 3 heterocycles. The maximum absolute atomic E-state index is 13.3. The lowest BCUT2D eigenvalue weighted by atomic mass is 10.0. The molecule has 0 aliphatic carbocycles. The number of amides is 3. The Hall–Kier alpha value is -3.23. The van der Waals surface area contributed by atoms with Crippen LogP contribution in [0.4, 0.5) is 5.69 Å². The lowest BCUT2D eigenvalue weighted by Crippen LogP contribution is -2.52. The smallest absolute Gasteiger partial charge is 0.255 e. The van der Waals surface area contributed by atoms with Gasteiger partial charge in [-0.1, -0.05) is 30.3 Å². The van der Waals surface area contributed by atoms with E-state index in [2.05, 4.69) is 10.1 Å². The average molecular weight is 461 g/mol. The molecule has 3 aliphatic rings. The fourth-order valence-electron chi connectivity index (χ4n) is 3.89. The van der Waals surface area contributed by atoms with Crippen molar-refractivity contribution in [1.82, 2.24) is 15.1 Å². The SMILES string of the molecule is [2H]C1([2H])OC([2H])([2H])C([2H])([2H])N(Cc2ccccc2CNc2cccc3c2CN(C2C(=O)NC(=O)C([2H])([2H])C2([2H])[2H])C3=O)C1([2H])[2H]. The number of nitrogens with zero attached hydrogens (tertiary/aromatic N) is 2. The van der Waals surface area contributed by atoms with Crippen LogP contribution in [0, 0.1) is 0 Å².